The van der Waals surface area contributed by atoms with E-state index in [1.807, 2.05) is 18.7 Å². The number of nitrogens with one attached hydrogen (secondary N) is 2. The molecule has 0 bridgehead atoms. The zero-order valence-electron chi connectivity index (χ0n) is 16.6. The van der Waals surface area contributed by atoms with Gasteiger partial charge in [0.2, 0.25) is 11.8 Å². The largest absolute Gasteiger partial charge is 0.476 e. The van der Waals surface area contributed by atoms with Gasteiger partial charge in [0.05, 0.1) is 12.1 Å². The van der Waals surface area contributed by atoms with Crippen molar-refractivity contribution >= 4 is 35.8 Å². The molecular weight excluding hydrogens is 502 g/mol. The molecule has 164 valence electrons. The zero-order valence-corrected chi connectivity index (χ0v) is 19.0. The molecule has 7 nitrogen and oxygen atoms in total. The number of nitrogens with zero attached hydrogens (tertiary/aromatic N) is 3. The molecule has 1 saturated heterocycles. The fourth-order valence-electron chi connectivity index (χ4n) is 2.79. The van der Waals surface area contributed by atoms with E-state index in [-0.39, 0.29) is 54.3 Å². The van der Waals surface area contributed by atoms with Crippen LogP contribution in [0, 0.1) is 5.92 Å². The topological polar surface area (TPSA) is 78.9 Å². The first-order valence-corrected chi connectivity index (χ1v) is 9.12. The molecule has 1 aromatic heterocycles. The standard InChI is InChI=1S/C18H26F3N5O2.HI/c1-12(2)16(27)26-8-6-14(11-26)25-17(22-3)23-7-9-28-15-5-4-13(10-24-15)18(19,20)21;/h4-5,10,12,14H,6-9,11H2,1-3H3,(H2,22,23,25);1H. The van der Waals surface area contributed by atoms with Crippen LogP contribution in [0.1, 0.15) is 25.8 Å². The highest BCUT2D eigenvalue weighted by Crippen LogP contribution is 2.29. The Labute approximate surface area is 185 Å². The number of likely N-dealkylation sites (tertiary alicyclic amines) is 1. The van der Waals surface area contributed by atoms with Gasteiger partial charge in [-0.2, -0.15) is 13.2 Å². The molecule has 29 heavy (non-hydrogen) atoms. The number of guanidine groups is 1. The van der Waals surface area contributed by atoms with E-state index in [1.54, 1.807) is 7.05 Å². The molecule has 11 heteroatoms. The number of pyridine rings is 1. The highest BCUT2D eigenvalue weighted by molar-refractivity contribution is 14.0. The van der Waals surface area contributed by atoms with Crippen LogP contribution in [0.5, 0.6) is 5.88 Å². The van der Waals surface area contributed by atoms with Crippen molar-refractivity contribution in [2.75, 3.05) is 33.3 Å². The summed E-state index contributed by atoms with van der Waals surface area (Å²) in [6.07, 6.45) is -2.83. The van der Waals surface area contributed by atoms with Crippen LogP contribution in [0.2, 0.25) is 0 Å². The first kappa shape index (κ1) is 25.2. The lowest BCUT2D eigenvalue weighted by atomic mass is 10.2. The summed E-state index contributed by atoms with van der Waals surface area (Å²) in [5.74, 6) is 0.820. The molecule has 2 rings (SSSR count). The quantitative estimate of drug-likeness (QED) is 0.257. The van der Waals surface area contributed by atoms with E-state index in [9.17, 15) is 18.0 Å². The maximum atomic E-state index is 12.5. The van der Waals surface area contributed by atoms with Crippen LogP contribution in [-0.2, 0) is 11.0 Å². The van der Waals surface area contributed by atoms with Crippen molar-refractivity contribution in [3.05, 3.63) is 23.9 Å². The molecule has 2 heterocycles. The van der Waals surface area contributed by atoms with Gasteiger partial charge in [0, 0.05) is 44.4 Å². The van der Waals surface area contributed by atoms with Gasteiger partial charge in [-0.1, -0.05) is 13.8 Å². The molecule has 1 aromatic rings. The molecule has 0 radical (unpaired) electrons. The minimum atomic E-state index is -4.42. The predicted molar refractivity (Wildman–Crippen MR) is 114 cm³/mol. The monoisotopic (exact) mass is 529 g/mol. The van der Waals surface area contributed by atoms with Crippen molar-refractivity contribution in [2.45, 2.75) is 32.5 Å². The van der Waals surface area contributed by atoms with Crippen LogP contribution in [-0.4, -0.2) is 61.1 Å². The lowest BCUT2D eigenvalue weighted by molar-refractivity contribution is -0.138. The number of alkyl halides is 3. The lowest BCUT2D eigenvalue weighted by Gasteiger charge is -2.20. The summed E-state index contributed by atoms with van der Waals surface area (Å²) in [6.45, 7) is 5.72. The Morgan fingerprint density at radius 3 is 2.69 bits per heavy atom. The molecule has 1 aliphatic rings. The van der Waals surface area contributed by atoms with E-state index in [2.05, 4.69) is 20.6 Å². The molecule has 1 amide bonds. The summed E-state index contributed by atoms with van der Waals surface area (Å²) in [7, 11) is 1.64. The molecule has 1 aliphatic heterocycles. The van der Waals surface area contributed by atoms with Gasteiger partial charge >= 0.3 is 6.18 Å². The maximum absolute atomic E-state index is 12.5. The third-order valence-electron chi connectivity index (χ3n) is 4.27. The number of amides is 1. The second-order valence-corrected chi connectivity index (χ2v) is 6.80. The summed E-state index contributed by atoms with van der Waals surface area (Å²) < 4.78 is 42.8. The smallest absolute Gasteiger partial charge is 0.417 e. The molecule has 1 atom stereocenters. The van der Waals surface area contributed by atoms with E-state index in [4.69, 9.17) is 4.74 Å². The van der Waals surface area contributed by atoms with E-state index >= 15 is 0 Å². The van der Waals surface area contributed by atoms with E-state index < -0.39 is 11.7 Å². The van der Waals surface area contributed by atoms with Crippen LogP contribution >= 0.6 is 24.0 Å². The fraction of sp³-hybridized carbons (Fsp3) is 0.611. The summed E-state index contributed by atoms with van der Waals surface area (Å²) in [5, 5.41) is 6.33. The number of aromatic nitrogens is 1. The Balaban J connectivity index is 0.00000420. The third-order valence-corrected chi connectivity index (χ3v) is 4.27. The van der Waals surface area contributed by atoms with Gasteiger partial charge in [0.1, 0.15) is 6.61 Å². The van der Waals surface area contributed by atoms with Gasteiger partial charge < -0.3 is 20.3 Å². The number of ether oxygens (including phenoxy) is 1. The number of carbonyl (C=O) groups excluding carboxylic acids is 1. The molecule has 0 aliphatic carbocycles. The van der Waals surface area contributed by atoms with Crippen molar-refractivity contribution in [1.29, 1.82) is 0 Å². The Kier molecular flexibility index (Phi) is 9.93. The number of hydrogen-bond donors (Lipinski definition) is 2. The molecule has 2 N–H and O–H groups in total. The van der Waals surface area contributed by atoms with Gasteiger partial charge in [-0.05, 0) is 12.5 Å². The van der Waals surface area contributed by atoms with Crippen LogP contribution in [0.4, 0.5) is 13.2 Å². The summed E-state index contributed by atoms with van der Waals surface area (Å²) in [5.41, 5.74) is -0.816. The number of rotatable bonds is 6. The van der Waals surface area contributed by atoms with Crippen LogP contribution in [0.3, 0.4) is 0 Å². The van der Waals surface area contributed by atoms with E-state index in [1.165, 1.54) is 6.07 Å². The maximum Gasteiger partial charge on any atom is 0.417 e. The Morgan fingerprint density at radius 2 is 2.14 bits per heavy atom. The average molecular weight is 529 g/mol. The number of hydrogen-bond acceptors (Lipinski definition) is 4. The number of halogens is 4. The highest BCUT2D eigenvalue weighted by Gasteiger charge is 2.30. The molecular formula is C18H27F3IN5O2. The lowest BCUT2D eigenvalue weighted by Crippen LogP contribution is -2.46. The van der Waals surface area contributed by atoms with Gasteiger partial charge in [0.15, 0.2) is 5.96 Å². The second-order valence-electron chi connectivity index (χ2n) is 6.80. The number of aliphatic imine (C=N–C) groups is 1. The van der Waals surface area contributed by atoms with Crippen molar-refractivity contribution in [3.63, 3.8) is 0 Å². The predicted octanol–water partition coefficient (Wildman–Crippen LogP) is 2.52. The highest BCUT2D eigenvalue weighted by atomic mass is 127. The van der Waals surface area contributed by atoms with Gasteiger partial charge in [-0.3, -0.25) is 9.79 Å². The van der Waals surface area contributed by atoms with Crippen LogP contribution < -0.4 is 15.4 Å². The fourth-order valence-corrected chi connectivity index (χ4v) is 2.79. The van der Waals surface area contributed by atoms with Gasteiger partial charge in [-0.15, -0.1) is 24.0 Å². The number of carbonyl (C=O) groups is 1. The van der Waals surface area contributed by atoms with Crippen LogP contribution in [0.15, 0.2) is 23.3 Å². The Hall–Kier alpha value is -1.79. The first-order valence-electron chi connectivity index (χ1n) is 9.12. The van der Waals surface area contributed by atoms with Gasteiger partial charge in [0.25, 0.3) is 0 Å². The Bertz CT molecular complexity index is 683. The molecule has 1 fully saturated rings. The van der Waals surface area contributed by atoms with Crippen molar-refractivity contribution < 1.29 is 22.7 Å². The molecule has 0 aromatic carbocycles. The Morgan fingerprint density at radius 1 is 1.41 bits per heavy atom. The van der Waals surface area contributed by atoms with Crippen molar-refractivity contribution in [2.24, 2.45) is 10.9 Å². The average Bonchev–Trinajstić information content (AvgIpc) is 3.11. The summed E-state index contributed by atoms with van der Waals surface area (Å²) in [4.78, 5) is 21.7. The first-order chi connectivity index (χ1) is 13.2. The van der Waals surface area contributed by atoms with Gasteiger partial charge in [-0.25, -0.2) is 4.98 Å². The van der Waals surface area contributed by atoms with Crippen LogP contribution in [0.25, 0.3) is 0 Å². The van der Waals surface area contributed by atoms with E-state index in [0.717, 1.165) is 18.7 Å². The molecule has 1 unspecified atom stereocenters. The molecule has 0 spiro atoms. The summed E-state index contributed by atoms with van der Waals surface area (Å²) >= 11 is 0. The normalized spacial score (nSPS) is 17.1. The van der Waals surface area contributed by atoms with E-state index in [0.29, 0.717) is 25.6 Å². The van der Waals surface area contributed by atoms with Crippen molar-refractivity contribution in [1.82, 2.24) is 20.5 Å². The molecule has 0 saturated carbocycles. The third kappa shape index (κ3) is 7.86. The minimum absolute atomic E-state index is 0. The SMILES string of the molecule is CN=C(NCCOc1ccc(C(F)(F)F)cn1)NC1CCN(C(=O)C(C)C)C1.I. The minimum Gasteiger partial charge on any atom is -0.476 e. The second kappa shape index (κ2) is 11.4. The zero-order chi connectivity index (χ0) is 20.7. The van der Waals surface area contributed by atoms with Crippen molar-refractivity contribution in [3.8, 4) is 5.88 Å². The summed E-state index contributed by atoms with van der Waals surface area (Å²) in [6, 6.07) is 2.24.